The highest BCUT2D eigenvalue weighted by Crippen LogP contribution is 2.37. The maximum absolute atomic E-state index is 11.7. The van der Waals surface area contributed by atoms with E-state index in [1.807, 2.05) is 30.3 Å². The molecule has 3 rings (SSSR count). The molecule has 6 heteroatoms. The first-order valence-corrected chi connectivity index (χ1v) is 8.00. The smallest absolute Gasteiger partial charge is 0.155 e. The van der Waals surface area contributed by atoms with E-state index < -0.39 is 0 Å². The van der Waals surface area contributed by atoms with Crippen LogP contribution >= 0.6 is 15.9 Å². The molecule has 0 saturated carbocycles. The normalized spacial score (nSPS) is 10.5. The van der Waals surface area contributed by atoms with Crippen molar-refractivity contribution in [1.82, 2.24) is 9.78 Å². The Labute approximate surface area is 148 Å². The summed E-state index contributed by atoms with van der Waals surface area (Å²) in [7, 11) is 3.17. The largest absolute Gasteiger partial charge is 0.497 e. The third-order valence-electron chi connectivity index (χ3n) is 3.64. The van der Waals surface area contributed by atoms with Crippen molar-refractivity contribution in [2.24, 2.45) is 0 Å². The summed E-state index contributed by atoms with van der Waals surface area (Å²) in [4.78, 5) is 11.7. The quantitative estimate of drug-likeness (QED) is 0.618. The van der Waals surface area contributed by atoms with E-state index in [0.29, 0.717) is 32.9 Å². The number of carbonyl (C=O) groups excluding carboxylic acids is 1. The average molecular weight is 387 g/mol. The summed E-state index contributed by atoms with van der Waals surface area (Å²) in [5.41, 5.74) is 2.51. The summed E-state index contributed by atoms with van der Waals surface area (Å²) < 4.78 is 13.0. The maximum Gasteiger partial charge on any atom is 0.155 e. The first kappa shape index (κ1) is 16.3. The molecule has 0 N–H and O–H groups in total. The predicted octanol–water partition coefficient (Wildman–Crippen LogP) is 4.13. The Morgan fingerprint density at radius 1 is 1.08 bits per heavy atom. The van der Waals surface area contributed by atoms with Gasteiger partial charge in [0.15, 0.2) is 6.29 Å². The Kier molecular flexibility index (Phi) is 4.66. The van der Waals surface area contributed by atoms with E-state index in [2.05, 4.69) is 21.0 Å². The highest BCUT2D eigenvalue weighted by atomic mass is 79.9. The van der Waals surface area contributed by atoms with Crippen molar-refractivity contribution in [3.05, 3.63) is 58.7 Å². The lowest BCUT2D eigenvalue weighted by molar-refractivity contribution is 0.112. The summed E-state index contributed by atoms with van der Waals surface area (Å²) in [5.74, 6) is 1.28. The topological polar surface area (TPSA) is 53.4 Å². The zero-order valence-corrected chi connectivity index (χ0v) is 14.8. The minimum absolute atomic E-state index is 0.449. The number of aldehydes is 1. The Hall–Kier alpha value is -2.60. The minimum Gasteiger partial charge on any atom is -0.497 e. The predicted molar refractivity (Wildman–Crippen MR) is 95.2 cm³/mol. The molecule has 24 heavy (non-hydrogen) atoms. The van der Waals surface area contributed by atoms with Crippen molar-refractivity contribution in [2.75, 3.05) is 14.2 Å². The number of para-hydroxylation sites is 1. The monoisotopic (exact) mass is 386 g/mol. The molecule has 0 fully saturated rings. The van der Waals surface area contributed by atoms with E-state index in [1.165, 1.54) is 0 Å². The molecule has 1 heterocycles. The van der Waals surface area contributed by atoms with Crippen LogP contribution in [-0.2, 0) is 0 Å². The summed E-state index contributed by atoms with van der Waals surface area (Å²) in [6.07, 6.45) is 0.783. The van der Waals surface area contributed by atoms with Crippen LogP contribution in [0.1, 0.15) is 10.4 Å². The van der Waals surface area contributed by atoms with Crippen molar-refractivity contribution in [2.45, 2.75) is 0 Å². The van der Waals surface area contributed by atoms with Gasteiger partial charge in [0.2, 0.25) is 0 Å². The molecule has 2 aromatic carbocycles. The first-order chi connectivity index (χ1) is 11.7. The number of halogens is 1. The van der Waals surface area contributed by atoms with E-state index in [0.717, 1.165) is 12.0 Å². The summed E-state index contributed by atoms with van der Waals surface area (Å²) in [6.45, 7) is 0. The lowest BCUT2D eigenvalue weighted by Gasteiger charge is -2.09. The molecule has 122 valence electrons. The number of carbonyl (C=O) groups is 1. The van der Waals surface area contributed by atoms with Gasteiger partial charge in [-0.05, 0) is 46.3 Å². The average Bonchev–Trinajstić information content (AvgIpc) is 2.98. The van der Waals surface area contributed by atoms with Crippen LogP contribution < -0.4 is 9.47 Å². The summed E-state index contributed by atoms with van der Waals surface area (Å²) in [6, 6.07) is 15.0. The van der Waals surface area contributed by atoms with Gasteiger partial charge >= 0.3 is 0 Å². The molecule has 1 aromatic heterocycles. The molecule has 5 nitrogen and oxygen atoms in total. The molecular weight excluding hydrogens is 372 g/mol. The van der Waals surface area contributed by atoms with E-state index in [4.69, 9.17) is 9.47 Å². The van der Waals surface area contributed by atoms with Crippen molar-refractivity contribution in [3.8, 4) is 28.4 Å². The zero-order chi connectivity index (χ0) is 17.1. The van der Waals surface area contributed by atoms with Crippen LogP contribution in [0, 0.1) is 0 Å². The SMILES string of the molecule is COc1ccc(OC)c(-c2nn(-c3ccccc3)c(Br)c2C=O)c1. The number of hydrogen-bond donors (Lipinski definition) is 0. The van der Waals surface area contributed by atoms with Crippen LogP contribution in [0.4, 0.5) is 0 Å². The lowest BCUT2D eigenvalue weighted by atomic mass is 10.1. The van der Waals surface area contributed by atoms with Gasteiger partial charge in [0.25, 0.3) is 0 Å². The van der Waals surface area contributed by atoms with Gasteiger partial charge < -0.3 is 9.47 Å². The van der Waals surface area contributed by atoms with Gasteiger partial charge in [0.1, 0.15) is 21.8 Å². The maximum atomic E-state index is 11.7. The van der Waals surface area contributed by atoms with Crippen LogP contribution in [0.3, 0.4) is 0 Å². The molecule has 3 aromatic rings. The van der Waals surface area contributed by atoms with Crippen LogP contribution in [0.25, 0.3) is 16.9 Å². The van der Waals surface area contributed by atoms with Gasteiger partial charge in [-0.1, -0.05) is 18.2 Å². The van der Waals surface area contributed by atoms with Gasteiger partial charge in [-0.25, -0.2) is 4.68 Å². The van der Waals surface area contributed by atoms with Crippen LogP contribution in [-0.4, -0.2) is 30.3 Å². The minimum atomic E-state index is 0.449. The van der Waals surface area contributed by atoms with Gasteiger partial charge in [-0.15, -0.1) is 0 Å². The molecule has 0 bridgehead atoms. The lowest BCUT2D eigenvalue weighted by Crippen LogP contribution is -1.97. The molecule has 0 aliphatic rings. The van der Waals surface area contributed by atoms with Crippen LogP contribution in [0.2, 0.25) is 0 Å². The molecule has 0 saturated heterocycles. The number of methoxy groups -OCH3 is 2. The third-order valence-corrected chi connectivity index (χ3v) is 4.41. The molecule has 0 unspecified atom stereocenters. The van der Waals surface area contributed by atoms with E-state index >= 15 is 0 Å². The molecule has 0 spiro atoms. The fourth-order valence-electron chi connectivity index (χ4n) is 2.45. The van der Waals surface area contributed by atoms with Gasteiger partial charge in [0.05, 0.1) is 25.5 Å². The highest BCUT2D eigenvalue weighted by Gasteiger charge is 2.21. The Bertz CT molecular complexity index is 875. The molecular formula is C18H15BrN2O3. The molecule has 0 aliphatic heterocycles. The molecule has 0 amide bonds. The summed E-state index contributed by atoms with van der Waals surface area (Å²) in [5, 5.41) is 4.61. The second kappa shape index (κ2) is 6.88. The second-order valence-corrected chi connectivity index (χ2v) is 5.74. The van der Waals surface area contributed by atoms with Crippen LogP contribution in [0.5, 0.6) is 11.5 Å². The fourth-order valence-corrected chi connectivity index (χ4v) is 3.02. The van der Waals surface area contributed by atoms with E-state index in [-0.39, 0.29) is 0 Å². The van der Waals surface area contributed by atoms with Crippen molar-refractivity contribution in [3.63, 3.8) is 0 Å². The van der Waals surface area contributed by atoms with E-state index in [9.17, 15) is 4.79 Å². The third kappa shape index (κ3) is 2.80. The number of benzene rings is 2. The second-order valence-electron chi connectivity index (χ2n) is 4.98. The number of aromatic nitrogens is 2. The Morgan fingerprint density at radius 3 is 2.46 bits per heavy atom. The number of nitrogens with zero attached hydrogens (tertiary/aromatic N) is 2. The fraction of sp³-hybridized carbons (Fsp3) is 0.111. The van der Waals surface area contributed by atoms with Gasteiger partial charge in [-0.2, -0.15) is 5.10 Å². The van der Waals surface area contributed by atoms with Crippen molar-refractivity contribution >= 4 is 22.2 Å². The molecule has 0 aliphatic carbocycles. The Morgan fingerprint density at radius 2 is 1.83 bits per heavy atom. The standard InChI is InChI=1S/C18H15BrN2O3/c1-23-13-8-9-16(24-2)14(10-13)17-15(11-22)18(19)21(20-17)12-6-4-3-5-7-12/h3-11H,1-2H3. The Balaban J connectivity index is 2.24. The van der Waals surface area contributed by atoms with Crippen LogP contribution in [0.15, 0.2) is 53.1 Å². The number of rotatable bonds is 5. The summed E-state index contributed by atoms with van der Waals surface area (Å²) >= 11 is 3.48. The van der Waals surface area contributed by atoms with Gasteiger partial charge in [-0.3, -0.25) is 4.79 Å². The first-order valence-electron chi connectivity index (χ1n) is 7.21. The number of hydrogen-bond acceptors (Lipinski definition) is 4. The van der Waals surface area contributed by atoms with Gasteiger partial charge in [0, 0.05) is 5.56 Å². The molecule has 0 radical (unpaired) electrons. The van der Waals surface area contributed by atoms with Crippen molar-refractivity contribution in [1.29, 1.82) is 0 Å². The highest BCUT2D eigenvalue weighted by molar-refractivity contribution is 9.10. The number of ether oxygens (including phenoxy) is 2. The zero-order valence-electron chi connectivity index (χ0n) is 13.2. The van der Waals surface area contributed by atoms with E-state index in [1.54, 1.807) is 37.1 Å². The molecule has 0 atom stereocenters. The van der Waals surface area contributed by atoms with Crippen molar-refractivity contribution < 1.29 is 14.3 Å².